The van der Waals surface area contributed by atoms with Crippen molar-refractivity contribution in [1.82, 2.24) is 14.6 Å². The van der Waals surface area contributed by atoms with Gasteiger partial charge in [-0.15, -0.1) is 0 Å². The van der Waals surface area contributed by atoms with E-state index in [1.54, 1.807) is 4.52 Å². The van der Waals surface area contributed by atoms with E-state index in [0.717, 1.165) is 53.2 Å². The van der Waals surface area contributed by atoms with Gasteiger partial charge in [-0.2, -0.15) is 5.10 Å². The lowest BCUT2D eigenvalue weighted by Gasteiger charge is -2.11. The average molecular weight is 406 g/mol. The highest BCUT2D eigenvalue weighted by atomic mass is 16.5. The number of benzene rings is 1. The number of aryl methyl sites for hydroxylation is 5. The highest BCUT2D eigenvalue weighted by Crippen LogP contribution is 2.24. The Balaban J connectivity index is 1.30. The number of hydrogen-bond acceptors (Lipinski definition) is 5. The first-order valence-electron chi connectivity index (χ1n) is 10.3. The minimum absolute atomic E-state index is 0.182. The summed E-state index contributed by atoms with van der Waals surface area (Å²) < 4.78 is 6.97. The van der Waals surface area contributed by atoms with Crippen LogP contribution in [0.5, 0.6) is 0 Å². The molecule has 0 radical (unpaired) electrons. The molecule has 0 saturated heterocycles. The van der Waals surface area contributed by atoms with Gasteiger partial charge < -0.3 is 10.1 Å². The van der Waals surface area contributed by atoms with Gasteiger partial charge in [0.15, 0.2) is 12.3 Å². The van der Waals surface area contributed by atoms with E-state index in [2.05, 4.69) is 21.5 Å². The molecule has 0 spiro atoms. The molecule has 0 fully saturated rings. The van der Waals surface area contributed by atoms with Gasteiger partial charge >= 0.3 is 5.97 Å². The molecule has 4 rings (SSSR count). The first-order valence-corrected chi connectivity index (χ1v) is 10.3. The van der Waals surface area contributed by atoms with Gasteiger partial charge in [0.05, 0.1) is 5.69 Å². The Kier molecular flexibility index (Phi) is 5.53. The van der Waals surface area contributed by atoms with Gasteiger partial charge in [-0.3, -0.25) is 9.59 Å². The Hall–Kier alpha value is -3.22. The zero-order valence-corrected chi connectivity index (χ0v) is 17.6. The molecule has 0 saturated carbocycles. The molecule has 30 heavy (non-hydrogen) atoms. The van der Waals surface area contributed by atoms with Crippen LogP contribution in [0.2, 0.25) is 0 Å². The lowest BCUT2D eigenvalue weighted by molar-refractivity contribution is -0.147. The molecule has 1 amide bonds. The molecule has 2 aromatic heterocycles. The molecule has 7 heteroatoms. The number of nitrogens with zero attached hydrogens (tertiary/aromatic N) is 3. The molecule has 1 N–H and O–H groups in total. The maximum atomic E-state index is 12.2. The second-order valence-corrected chi connectivity index (χ2v) is 7.86. The van der Waals surface area contributed by atoms with E-state index >= 15 is 0 Å². The van der Waals surface area contributed by atoms with E-state index in [0.29, 0.717) is 6.42 Å². The highest BCUT2D eigenvalue weighted by molar-refractivity contribution is 5.92. The van der Waals surface area contributed by atoms with Crippen molar-refractivity contribution in [1.29, 1.82) is 0 Å². The summed E-state index contributed by atoms with van der Waals surface area (Å²) in [6, 6.07) is 7.89. The number of rotatable bonds is 6. The van der Waals surface area contributed by atoms with Crippen LogP contribution in [-0.4, -0.2) is 33.1 Å². The van der Waals surface area contributed by atoms with Crippen LogP contribution in [0.15, 0.2) is 24.3 Å². The van der Waals surface area contributed by atoms with Crippen molar-refractivity contribution >= 4 is 23.2 Å². The molecule has 0 unspecified atom stereocenters. The number of carbonyl (C=O) groups is 2. The van der Waals surface area contributed by atoms with E-state index in [1.807, 2.05) is 39.0 Å². The predicted molar refractivity (Wildman–Crippen MR) is 114 cm³/mol. The molecule has 7 nitrogen and oxygen atoms in total. The van der Waals surface area contributed by atoms with Gasteiger partial charge in [-0.1, -0.05) is 6.07 Å². The summed E-state index contributed by atoms with van der Waals surface area (Å²) >= 11 is 0. The number of hydrogen-bond donors (Lipinski definition) is 1. The summed E-state index contributed by atoms with van der Waals surface area (Å²) in [5.41, 5.74) is 7.90. The molecule has 1 aliphatic carbocycles. The van der Waals surface area contributed by atoms with E-state index in [9.17, 15) is 9.59 Å². The highest BCUT2D eigenvalue weighted by Gasteiger charge is 2.15. The number of aromatic nitrogens is 3. The fourth-order valence-corrected chi connectivity index (χ4v) is 4.09. The standard InChI is InChI=1S/C23H26N4O3/c1-14-11-21-24-15(2)20(16(3)27(21)26-14)9-10-23(29)30-13-22(28)25-19-8-7-17-5-4-6-18(17)12-19/h7-8,11-12H,4-6,9-10,13H2,1-3H3,(H,25,28). The summed E-state index contributed by atoms with van der Waals surface area (Å²) in [6.07, 6.45) is 3.98. The number of anilines is 1. The summed E-state index contributed by atoms with van der Waals surface area (Å²) in [6.45, 7) is 5.54. The van der Waals surface area contributed by atoms with Gasteiger partial charge in [-0.25, -0.2) is 9.50 Å². The Labute approximate surface area is 175 Å². The largest absolute Gasteiger partial charge is 0.456 e. The molecule has 1 aliphatic rings. The minimum Gasteiger partial charge on any atom is -0.456 e. The monoisotopic (exact) mass is 406 g/mol. The third-order valence-electron chi connectivity index (χ3n) is 5.61. The van der Waals surface area contributed by atoms with Crippen LogP contribution < -0.4 is 5.32 Å². The van der Waals surface area contributed by atoms with Gasteiger partial charge in [0, 0.05) is 29.6 Å². The quantitative estimate of drug-likeness (QED) is 0.635. The van der Waals surface area contributed by atoms with Crippen LogP contribution in [0.4, 0.5) is 5.69 Å². The molecule has 2 heterocycles. The third kappa shape index (κ3) is 4.20. The second-order valence-electron chi connectivity index (χ2n) is 7.86. The molecule has 156 valence electrons. The lowest BCUT2D eigenvalue weighted by atomic mass is 10.1. The molecule has 3 aromatic rings. The summed E-state index contributed by atoms with van der Waals surface area (Å²) in [5.74, 6) is -0.738. The Bertz CT molecular complexity index is 1130. The zero-order chi connectivity index (χ0) is 21.3. The van der Waals surface area contributed by atoms with Gasteiger partial charge in [0.2, 0.25) is 0 Å². The second kappa shape index (κ2) is 8.26. The van der Waals surface area contributed by atoms with E-state index in [1.165, 1.54) is 11.1 Å². The van der Waals surface area contributed by atoms with Crippen LogP contribution in [0.3, 0.4) is 0 Å². The first kappa shape index (κ1) is 20.1. The van der Waals surface area contributed by atoms with Crippen molar-refractivity contribution < 1.29 is 14.3 Å². The number of fused-ring (bicyclic) bond motifs is 2. The summed E-state index contributed by atoms with van der Waals surface area (Å²) in [5, 5.41) is 7.25. The fraction of sp³-hybridized carbons (Fsp3) is 0.391. The maximum absolute atomic E-state index is 12.2. The van der Waals surface area contributed by atoms with Crippen molar-refractivity contribution in [3.63, 3.8) is 0 Å². The van der Waals surface area contributed by atoms with E-state index in [4.69, 9.17) is 4.74 Å². The van der Waals surface area contributed by atoms with Crippen molar-refractivity contribution in [3.8, 4) is 0 Å². The average Bonchev–Trinajstić information content (AvgIpc) is 3.31. The third-order valence-corrected chi connectivity index (χ3v) is 5.61. The smallest absolute Gasteiger partial charge is 0.306 e. The number of carbonyl (C=O) groups excluding carboxylic acids is 2. The fourth-order valence-electron chi connectivity index (χ4n) is 4.09. The summed E-state index contributed by atoms with van der Waals surface area (Å²) in [4.78, 5) is 28.9. The normalized spacial score (nSPS) is 12.8. The maximum Gasteiger partial charge on any atom is 0.306 e. The topological polar surface area (TPSA) is 85.6 Å². The molecular weight excluding hydrogens is 380 g/mol. The molecular formula is C23H26N4O3. The van der Waals surface area contributed by atoms with E-state index < -0.39 is 5.97 Å². The Morgan fingerprint density at radius 3 is 2.77 bits per heavy atom. The molecule has 1 aromatic carbocycles. The SMILES string of the molecule is Cc1cc2nc(C)c(CCC(=O)OCC(=O)Nc3ccc4c(c3)CCC4)c(C)n2n1. The van der Waals surface area contributed by atoms with Crippen molar-refractivity contribution in [2.75, 3.05) is 11.9 Å². The van der Waals surface area contributed by atoms with Gasteiger partial charge in [0.25, 0.3) is 5.91 Å². The number of amides is 1. The van der Waals surface area contributed by atoms with Crippen LogP contribution in [-0.2, 0) is 33.6 Å². The van der Waals surface area contributed by atoms with Crippen LogP contribution in [0.25, 0.3) is 5.65 Å². The zero-order valence-electron chi connectivity index (χ0n) is 17.6. The molecule has 0 bridgehead atoms. The van der Waals surface area contributed by atoms with Crippen molar-refractivity contribution in [2.45, 2.75) is 52.9 Å². The molecule has 0 aliphatic heterocycles. The minimum atomic E-state index is -0.408. The van der Waals surface area contributed by atoms with Gasteiger partial charge in [0.1, 0.15) is 0 Å². The predicted octanol–water partition coefficient (Wildman–Crippen LogP) is 3.26. The lowest BCUT2D eigenvalue weighted by Crippen LogP contribution is -2.21. The Morgan fingerprint density at radius 1 is 1.13 bits per heavy atom. The van der Waals surface area contributed by atoms with Crippen LogP contribution >= 0.6 is 0 Å². The van der Waals surface area contributed by atoms with E-state index in [-0.39, 0.29) is 18.9 Å². The number of nitrogens with one attached hydrogen (secondary N) is 1. The molecule has 0 atom stereocenters. The number of esters is 1. The summed E-state index contributed by atoms with van der Waals surface area (Å²) in [7, 11) is 0. The van der Waals surface area contributed by atoms with Crippen LogP contribution in [0.1, 0.15) is 46.6 Å². The number of ether oxygens (including phenoxy) is 1. The first-order chi connectivity index (χ1) is 14.4. The van der Waals surface area contributed by atoms with Gasteiger partial charge in [-0.05, 0) is 75.3 Å². The Morgan fingerprint density at radius 2 is 1.93 bits per heavy atom. The van der Waals surface area contributed by atoms with Crippen molar-refractivity contribution in [3.05, 3.63) is 58.0 Å². The van der Waals surface area contributed by atoms with Crippen molar-refractivity contribution in [2.24, 2.45) is 0 Å². The van der Waals surface area contributed by atoms with Crippen LogP contribution in [0, 0.1) is 20.8 Å².